The number of nitrogens with one attached hydrogen (secondary N) is 2. The molecule has 2 N–H and O–H groups in total. The second kappa shape index (κ2) is 11.1. The number of thiophene rings is 1. The molecule has 0 spiro atoms. The second-order valence-electron chi connectivity index (χ2n) is 8.63. The van der Waals surface area contributed by atoms with Gasteiger partial charge in [-0.05, 0) is 60.2 Å². The lowest BCUT2D eigenvalue weighted by Gasteiger charge is -2.10. The Morgan fingerprint density at radius 3 is 2.53 bits per heavy atom. The van der Waals surface area contributed by atoms with E-state index < -0.39 is 17.8 Å². The minimum absolute atomic E-state index is 0.253. The maximum Gasteiger partial charge on any atom is 0.343 e. The lowest BCUT2D eigenvalue weighted by molar-refractivity contribution is -0.136. The number of nitrogens with zero attached hydrogens (tertiary/aromatic N) is 2. The summed E-state index contributed by atoms with van der Waals surface area (Å²) in [7, 11) is 0. The van der Waals surface area contributed by atoms with Crippen LogP contribution in [0.2, 0.25) is 0 Å². The molecule has 8 nitrogen and oxygen atoms in total. The number of amides is 2. The van der Waals surface area contributed by atoms with Crippen molar-refractivity contribution in [2.24, 2.45) is 5.10 Å². The van der Waals surface area contributed by atoms with Gasteiger partial charge in [-0.25, -0.2) is 10.2 Å². The molecule has 0 unspecified atom stereocenters. The van der Waals surface area contributed by atoms with Crippen LogP contribution in [0.15, 0.2) is 71.8 Å². The number of ether oxygens (including phenoxy) is 1. The van der Waals surface area contributed by atoms with E-state index in [1.165, 1.54) is 17.6 Å². The van der Waals surface area contributed by atoms with E-state index in [2.05, 4.69) is 21.9 Å². The molecule has 0 aliphatic heterocycles. The maximum absolute atomic E-state index is 12.7. The van der Waals surface area contributed by atoms with Crippen LogP contribution in [0.3, 0.4) is 0 Å². The number of benzene rings is 3. The number of esters is 1. The van der Waals surface area contributed by atoms with Crippen LogP contribution in [0.25, 0.3) is 10.8 Å². The molecule has 0 bridgehead atoms. The van der Waals surface area contributed by atoms with Gasteiger partial charge in [0.1, 0.15) is 16.8 Å². The van der Waals surface area contributed by atoms with Gasteiger partial charge in [0, 0.05) is 10.4 Å². The van der Waals surface area contributed by atoms with Crippen molar-refractivity contribution in [3.63, 3.8) is 0 Å². The van der Waals surface area contributed by atoms with Crippen LogP contribution in [0, 0.1) is 11.3 Å². The Bertz CT molecular complexity index is 1620. The van der Waals surface area contributed by atoms with Crippen LogP contribution >= 0.6 is 11.3 Å². The van der Waals surface area contributed by atoms with Crippen molar-refractivity contribution in [1.29, 1.82) is 5.26 Å². The summed E-state index contributed by atoms with van der Waals surface area (Å²) < 4.78 is 5.64. The molecule has 38 heavy (non-hydrogen) atoms. The molecule has 2 amide bonds. The minimum Gasteiger partial charge on any atom is -0.422 e. The molecule has 0 fully saturated rings. The van der Waals surface area contributed by atoms with Crippen molar-refractivity contribution in [3.05, 3.63) is 93.9 Å². The van der Waals surface area contributed by atoms with E-state index in [0.29, 0.717) is 21.7 Å². The predicted molar refractivity (Wildman–Crippen MR) is 145 cm³/mol. The van der Waals surface area contributed by atoms with Gasteiger partial charge in [0.2, 0.25) is 0 Å². The molecule has 3 aromatic carbocycles. The average Bonchev–Trinajstić information content (AvgIpc) is 3.31. The quantitative estimate of drug-likeness (QED) is 0.126. The third-order valence-corrected chi connectivity index (χ3v) is 7.43. The monoisotopic (exact) mass is 522 g/mol. The van der Waals surface area contributed by atoms with Crippen LogP contribution in [-0.2, 0) is 22.4 Å². The van der Waals surface area contributed by atoms with Crippen LogP contribution in [-0.4, -0.2) is 24.0 Å². The van der Waals surface area contributed by atoms with Crippen LogP contribution < -0.4 is 15.5 Å². The Kier molecular flexibility index (Phi) is 7.24. The molecule has 188 valence electrons. The summed E-state index contributed by atoms with van der Waals surface area (Å²) in [5, 5.41) is 18.1. The largest absolute Gasteiger partial charge is 0.422 e. The van der Waals surface area contributed by atoms with Gasteiger partial charge >= 0.3 is 17.8 Å². The van der Waals surface area contributed by atoms with Crippen molar-refractivity contribution >= 4 is 51.1 Å². The van der Waals surface area contributed by atoms with Crippen LogP contribution in [0.4, 0.5) is 5.00 Å². The van der Waals surface area contributed by atoms with Gasteiger partial charge < -0.3 is 10.1 Å². The summed E-state index contributed by atoms with van der Waals surface area (Å²) in [4.78, 5) is 38.8. The molecule has 9 heteroatoms. The van der Waals surface area contributed by atoms with Gasteiger partial charge in [0.05, 0.1) is 17.3 Å². The van der Waals surface area contributed by atoms with Gasteiger partial charge in [-0.3, -0.25) is 9.59 Å². The topological polar surface area (TPSA) is 121 Å². The zero-order valence-electron chi connectivity index (χ0n) is 20.2. The van der Waals surface area contributed by atoms with Gasteiger partial charge in [-0.2, -0.15) is 10.4 Å². The van der Waals surface area contributed by atoms with Gasteiger partial charge in [-0.15, -0.1) is 11.3 Å². The molecular formula is C29H22N4O4S. The minimum atomic E-state index is -0.987. The second-order valence-corrected chi connectivity index (χ2v) is 9.74. The van der Waals surface area contributed by atoms with Crippen molar-refractivity contribution < 1.29 is 19.1 Å². The standard InChI is InChI=1S/C29H22N4O4S/c30-16-22-21-12-6-7-13-25(21)38-28(22)32-26(34)27(35)33-31-17-23-20-11-5-4-8-18(20)14-15-24(23)37-29(36)19-9-2-1-3-10-19/h1-5,8-11,14-15,17H,6-7,12-13H2,(H,32,34)(H,33,35). The van der Waals surface area contributed by atoms with Crippen molar-refractivity contribution in [2.75, 3.05) is 5.32 Å². The number of aryl methyl sites for hydroxylation is 1. The van der Waals surface area contributed by atoms with E-state index in [1.807, 2.05) is 30.3 Å². The number of carbonyl (C=O) groups is 3. The summed E-state index contributed by atoms with van der Waals surface area (Å²) in [6, 6.07) is 21.7. The molecule has 1 heterocycles. The molecule has 5 rings (SSSR count). The van der Waals surface area contributed by atoms with Crippen molar-refractivity contribution in [2.45, 2.75) is 25.7 Å². The predicted octanol–water partition coefficient (Wildman–Crippen LogP) is 4.96. The van der Waals surface area contributed by atoms with Crippen LogP contribution in [0.5, 0.6) is 5.75 Å². The highest BCUT2D eigenvalue weighted by atomic mass is 32.1. The molecule has 0 saturated carbocycles. The number of hydrazone groups is 1. The van der Waals surface area contributed by atoms with E-state index >= 15 is 0 Å². The number of anilines is 1. The van der Waals surface area contributed by atoms with E-state index in [-0.39, 0.29) is 5.75 Å². The first-order chi connectivity index (χ1) is 18.5. The fraction of sp³-hybridized carbons (Fsp3) is 0.138. The molecule has 1 aromatic heterocycles. The number of rotatable bonds is 5. The molecule has 4 aromatic rings. The third kappa shape index (κ3) is 5.16. The summed E-state index contributed by atoms with van der Waals surface area (Å²) in [6.45, 7) is 0. The van der Waals surface area contributed by atoms with E-state index in [9.17, 15) is 19.6 Å². The number of hydrogen-bond donors (Lipinski definition) is 2. The molecule has 0 radical (unpaired) electrons. The molecule has 0 saturated heterocycles. The zero-order valence-corrected chi connectivity index (χ0v) is 21.0. The van der Waals surface area contributed by atoms with E-state index in [4.69, 9.17) is 4.74 Å². The lowest BCUT2D eigenvalue weighted by atomic mass is 9.96. The van der Waals surface area contributed by atoms with Crippen molar-refractivity contribution in [3.8, 4) is 11.8 Å². The Labute approximate surface area is 222 Å². The van der Waals surface area contributed by atoms with Gasteiger partial charge in [-0.1, -0.05) is 48.5 Å². The zero-order chi connectivity index (χ0) is 26.5. The third-order valence-electron chi connectivity index (χ3n) is 6.22. The normalized spacial score (nSPS) is 12.5. The number of carbonyl (C=O) groups excluding carboxylic acids is 3. The van der Waals surface area contributed by atoms with E-state index in [0.717, 1.165) is 46.9 Å². The first kappa shape index (κ1) is 24.9. The van der Waals surface area contributed by atoms with Crippen molar-refractivity contribution in [1.82, 2.24) is 5.43 Å². The summed E-state index contributed by atoms with van der Waals surface area (Å²) >= 11 is 1.34. The first-order valence-electron chi connectivity index (χ1n) is 12.0. The molecule has 1 aliphatic rings. The maximum atomic E-state index is 12.7. The smallest absolute Gasteiger partial charge is 0.343 e. The Balaban J connectivity index is 1.34. The Hall–Kier alpha value is -4.81. The first-order valence-corrected chi connectivity index (χ1v) is 12.8. The fourth-order valence-electron chi connectivity index (χ4n) is 4.37. The van der Waals surface area contributed by atoms with Gasteiger partial charge in [0.15, 0.2) is 0 Å². The fourth-order valence-corrected chi connectivity index (χ4v) is 5.60. The Morgan fingerprint density at radius 2 is 1.71 bits per heavy atom. The highest BCUT2D eigenvalue weighted by Crippen LogP contribution is 2.37. The SMILES string of the molecule is N#Cc1c(NC(=O)C(=O)NN=Cc2c(OC(=O)c3ccccc3)ccc3ccccc23)sc2c1CCCC2. The van der Waals surface area contributed by atoms with Gasteiger partial charge in [0.25, 0.3) is 0 Å². The van der Waals surface area contributed by atoms with E-state index in [1.54, 1.807) is 36.4 Å². The number of fused-ring (bicyclic) bond motifs is 2. The summed E-state index contributed by atoms with van der Waals surface area (Å²) in [6.07, 6.45) is 5.04. The molecule has 1 aliphatic carbocycles. The van der Waals surface area contributed by atoms with Crippen LogP contribution in [0.1, 0.15) is 44.8 Å². The number of hydrogen-bond acceptors (Lipinski definition) is 7. The summed E-state index contributed by atoms with van der Waals surface area (Å²) in [5.41, 5.74) is 4.47. The highest BCUT2D eigenvalue weighted by molar-refractivity contribution is 7.16. The molecular weight excluding hydrogens is 500 g/mol. The lowest BCUT2D eigenvalue weighted by Crippen LogP contribution is -2.32. The summed E-state index contributed by atoms with van der Waals surface area (Å²) in [5.74, 6) is -2.20. The highest BCUT2D eigenvalue weighted by Gasteiger charge is 2.23. The average molecular weight is 523 g/mol. The number of nitriles is 1. The Morgan fingerprint density at radius 1 is 0.947 bits per heavy atom. The molecule has 0 atom stereocenters.